The molecule has 3 rings (SSSR count). The van der Waals surface area contributed by atoms with Gasteiger partial charge in [-0.15, -0.1) is 0 Å². The number of allylic oxidation sites excluding steroid dienone is 7. The number of imidazole rings is 1. The van der Waals surface area contributed by atoms with Gasteiger partial charge in [0.15, 0.2) is 0 Å². The van der Waals surface area contributed by atoms with E-state index in [9.17, 15) is 0 Å². The number of likely N-dealkylation sites (N-methyl/N-ethyl adjacent to an activating group) is 1. The van der Waals surface area contributed by atoms with E-state index in [4.69, 9.17) is 4.98 Å². The topological polar surface area (TPSA) is 59.2 Å². The molecule has 6 nitrogen and oxygen atoms in total. The molecule has 0 atom stereocenters. The van der Waals surface area contributed by atoms with Gasteiger partial charge in [-0.3, -0.25) is 0 Å². The molecule has 0 radical (unpaired) electrons. The number of rotatable bonds is 14. The van der Waals surface area contributed by atoms with Gasteiger partial charge in [0.2, 0.25) is 0 Å². The molecule has 7 heteroatoms. The van der Waals surface area contributed by atoms with Crippen molar-refractivity contribution in [2.75, 3.05) is 45.6 Å². The van der Waals surface area contributed by atoms with Gasteiger partial charge in [0.05, 0.1) is 5.70 Å². The summed E-state index contributed by atoms with van der Waals surface area (Å²) in [5.41, 5.74) is 7.17. The van der Waals surface area contributed by atoms with E-state index >= 15 is 4.39 Å². The molecule has 2 aromatic rings. The maximum Gasteiger partial charge on any atom is 0.136 e. The van der Waals surface area contributed by atoms with Gasteiger partial charge in [-0.05, 0) is 69.7 Å². The van der Waals surface area contributed by atoms with E-state index in [1.807, 2.05) is 51.3 Å². The van der Waals surface area contributed by atoms with Crippen molar-refractivity contribution in [3.05, 3.63) is 108 Å². The molecule has 1 aliphatic heterocycles. The largest absolute Gasteiger partial charge is 0.388 e. The van der Waals surface area contributed by atoms with E-state index < -0.39 is 0 Å². The lowest BCUT2D eigenvalue weighted by Gasteiger charge is -2.35. The fourth-order valence-corrected chi connectivity index (χ4v) is 5.05. The number of unbranched alkanes of at least 4 members (excludes halogenated alkanes) is 1. The highest BCUT2D eigenvalue weighted by Gasteiger charge is 2.22. The minimum atomic E-state index is -0.272. The van der Waals surface area contributed by atoms with Crippen molar-refractivity contribution in [1.29, 1.82) is 0 Å². The summed E-state index contributed by atoms with van der Waals surface area (Å²) in [6, 6.07) is 3.75. The van der Waals surface area contributed by atoms with Crippen molar-refractivity contribution in [1.82, 2.24) is 25.1 Å². The Morgan fingerprint density at radius 1 is 1.20 bits per heavy atom. The molecule has 1 aromatic carbocycles. The third-order valence-electron chi connectivity index (χ3n) is 7.46. The third kappa shape index (κ3) is 8.10. The Hall–Kier alpha value is -3.84. The zero-order chi connectivity index (χ0) is 29.9. The number of aromatic nitrogens is 2. The van der Waals surface area contributed by atoms with Crippen LogP contribution in [0.3, 0.4) is 0 Å². The second-order valence-corrected chi connectivity index (χ2v) is 10.5. The molecule has 0 spiro atoms. The minimum Gasteiger partial charge on any atom is -0.388 e. The molecule has 2 heterocycles. The highest BCUT2D eigenvalue weighted by atomic mass is 19.1. The molecular formula is C34H47FN6. The van der Waals surface area contributed by atoms with Crippen LogP contribution in [0.1, 0.15) is 61.4 Å². The Morgan fingerprint density at radius 3 is 2.54 bits per heavy atom. The fourth-order valence-electron chi connectivity index (χ4n) is 5.05. The van der Waals surface area contributed by atoms with Gasteiger partial charge in [0, 0.05) is 73.5 Å². The summed E-state index contributed by atoms with van der Waals surface area (Å²) in [5, 5.41) is 6.50. The summed E-state index contributed by atoms with van der Waals surface area (Å²) in [6.45, 7) is 21.9. The molecule has 1 aromatic heterocycles. The first-order valence-corrected chi connectivity index (χ1v) is 14.5. The Kier molecular flexibility index (Phi) is 11.8. The number of halogens is 1. The summed E-state index contributed by atoms with van der Waals surface area (Å²) in [5.74, 6) is 0.443. The molecule has 3 N–H and O–H groups in total. The number of aromatic amines is 1. The van der Waals surface area contributed by atoms with Crippen LogP contribution in [0.15, 0.2) is 73.6 Å². The van der Waals surface area contributed by atoms with Crippen LogP contribution in [0.4, 0.5) is 10.1 Å². The van der Waals surface area contributed by atoms with Gasteiger partial charge < -0.3 is 25.4 Å². The van der Waals surface area contributed by atoms with Crippen LogP contribution >= 0.6 is 0 Å². The number of aryl methyl sites for hydroxylation is 1. The molecule has 1 fully saturated rings. The quantitative estimate of drug-likeness (QED) is 0.217. The fraction of sp³-hybridized carbons (Fsp3) is 0.382. The van der Waals surface area contributed by atoms with Crippen LogP contribution in [-0.4, -0.2) is 60.0 Å². The Morgan fingerprint density at radius 2 is 1.93 bits per heavy atom. The van der Waals surface area contributed by atoms with E-state index in [1.54, 1.807) is 12.2 Å². The molecule has 1 saturated heterocycles. The number of hydrogen-bond donors (Lipinski definition) is 3. The highest BCUT2D eigenvalue weighted by Crippen LogP contribution is 2.31. The van der Waals surface area contributed by atoms with Crippen molar-refractivity contribution in [2.24, 2.45) is 0 Å². The number of H-pyrrole nitrogens is 1. The van der Waals surface area contributed by atoms with Crippen LogP contribution in [-0.2, 0) is 6.42 Å². The van der Waals surface area contributed by atoms with Gasteiger partial charge in [-0.2, -0.15) is 0 Å². The molecule has 0 bridgehead atoms. The molecule has 41 heavy (non-hydrogen) atoms. The monoisotopic (exact) mass is 558 g/mol. The summed E-state index contributed by atoms with van der Waals surface area (Å²) >= 11 is 0. The normalized spacial score (nSPS) is 15.2. The maximum absolute atomic E-state index is 16.3. The van der Waals surface area contributed by atoms with Gasteiger partial charge in [0.1, 0.15) is 17.3 Å². The number of nitrogens with one attached hydrogen (secondary N) is 3. The van der Waals surface area contributed by atoms with Crippen molar-refractivity contribution in [2.45, 2.75) is 46.5 Å². The first kappa shape index (κ1) is 31.7. The third-order valence-corrected chi connectivity index (χ3v) is 7.46. The first-order chi connectivity index (χ1) is 19.8. The average molecular weight is 559 g/mol. The Bertz CT molecular complexity index is 1320. The van der Waals surface area contributed by atoms with Crippen molar-refractivity contribution in [3.8, 4) is 0 Å². The number of benzene rings is 1. The van der Waals surface area contributed by atoms with Gasteiger partial charge in [-0.25, -0.2) is 9.37 Å². The second-order valence-electron chi connectivity index (χ2n) is 10.5. The van der Waals surface area contributed by atoms with Gasteiger partial charge in [-0.1, -0.05) is 45.2 Å². The smallest absolute Gasteiger partial charge is 0.136 e. The van der Waals surface area contributed by atoms with Crippen molar-refractivity contribution < 1.29 is 4.39 Å². The molecule has 0 aliphatic carbocycles. The first-order valence-electron chi connectivity index (χ1n) is 14.5. The van der Waals surface area contributed by atoms with Gasteiger partial charge in [0.25, 0.3) is 0 Å². The molecule has 0 saturated carbocycles. The van der Waals surface area contributed by atoms with Crippen LogP contribution < -0.4 is 10.6 Å². The minimum absolute atomic E-state index is 0.272. The lowest BCUT2D eigenvalue weighted by atomic mass is 9.97. The Labute approximate surface area is 246 Å². The van der Waals surface area contributed by atoms with Crippen LogP contribution in [0, 0.1) is 12.7 Å². The summed E-state index contributed by atoms with van der Waals surface area (Å²) < 4.78 is 16.3. The predicted octanol–water partition coefficient (Wildman–Crippen LogP) is 7.03. The lowest BCUT2D eigenvalue weighted by molar-refractivity contribution is 0.207. The standard InChI is InChI=1S/C34H47FN6/c1-9-13-15-24(5)37-27(12-4)22-26(11-3)28-16-17-30(36-7)29(33(28)35)23-32-38-25(6)34(39-32)31(14-10-2)41-20-18-40(8)19-21-41/h10-12,14,16-17,22,36-37H,2,4-5,9,13,15,18-21,23H2,1,3,6-8H3,(H,38,39)/b26-11+,27-22+,31-14+. The van der Waals surface area contributed by atoms with E-state index in [0.717, 1.165) is 85.2 Å². The summed E-state index contributed by atoms with van der Waals surface area (Å²) in [6.07, 6.45) is 12.8. The van der Waals surface area contributed by atoms with Crippen molar-refractivity contribution in [3.63, 3.8) is 0 Å². The lowest BCUT2D eigenvalue weighted by Crippen LogP contribution is -2.43. The zero-order valence-corrected chi connectivity index (χ0v) is 25.5. The van der Waals surface area contributed by atoms with E-state index in [-0.39, 0.29) is 5.82 Å². The SMILES string of the molecule is C=C/C=C(\c1nc(Cc2c(NC)ccc(C(/C=C(\C=C)NC(=C)CCCC)=C/C)c2F)[nH]c1C)N1CCN(C)CC1. The number of anilines is 1. The second kappa shape index (κ2) is 15.2. The summed E-state index contributed by atoms with van der Waals surface area (Å²) in [4.78, 5) is 13.1. The summed E-state index contributed by atoms with van der Waals surface area (Å²) in [7, 11) is 3.95. The predicted molar refractivity (Wildman–Crippen MR) is 173 cm³/mol. The number of piperazine rings is 1. The molecule has 0 amide bonds. The highest BCUT2D eigenvalue weighted by molar-refractivity contribution is 5.77. The molecule has 0 unspecified atom stereocenters. The van der Waals surface area contributed by atoms with Gasteiger partial charge >= 0.3 is 0 Å². The zero-order valence-electron chi connectivity index (χ0n) is 25.5. The van der Waals surface area contributed by atoms with Crippen LogP contribution in [0.5, 0.6) is 0 Å². The van der Waals surface area contributed by atoms with E-state index in [0.29, 0.717) is 23.4 Å². The average Bonchev–Trinajstić information content (AvgIpc) is 3.33. The molecule has 220 valence electrons. The van der Waals surface area contributed by atoms with E-state index in [1.165, 1.54) is 0 Å². The van der Waals surface area contributed by atoms with Crippen molar-refractivity contribution >= 4 is 17.0 Å². The number of hydrogen-bond acceptors (Lipinski definition) is 5. The maximum atomic E-state index is 16.3. The Balaban J connectivity index is 1.94. The molecular weight excluding hydrogens is 511 g/mol. The molecule has 1 aliphatic rings. The van der Waals surface area contributed by atoms with Crippen LogP contribution in [0.2, 0.25) is 0 Å². The van der Waals surface area contributed by atoms with E-state index in [2.05, 4.69) is 59.1 Å². The number of nitrogens with zero attached hydrogens (tertiary/aromatic N) is 3. The van der Waals surface area contributed by atoms with Crippen LogP contribution in [0.25, 0.3) is 11.3 Å².